The zero-order valence-electron chi connectivity index (χ0n) is 9.99. The quantitative estimate of drug-likeness (QED) is 0.745. The Morgan fingerprint density at radius 1 is 1.16 bits per heavy atom. The monoisotopic (exact) mass is 398 g/mol. The maximum atomic E-state index is 5.76. The molecule has 0 saturated heterocycles. The number of rotatable bonds is 4. The maximum Gasteiger partial charge on any atom is 0.107 e. The summed E-state index contributed by atoms with van der Waals surface area (Å²) in [4.78, 5) is 0.379. The zero-order chi connectivity index (χ0) is 13.8. The Bertz CT molecular complexity index is 614. The largest absolute Gasteiger partial charge is 0.389 e. The summed E-state index contributed by atoms with van der Waals surface area (Å²) in [5.41, 5.74) is 8.72. The van der Waals surface area contributed by atoms with Crippen molar-refractivity contribution in [2.45, 2.75) is 6.54 Å². The molecule has 0 unspecified atom stereocenters. The Kier molecular flexibility index (Phi) is 4.96. The van der Waals surface area contributed by atoms with E-state index in [-0.39, 0.29) is 0 Å². The van der Waals surface area contributed by atoms with E-state index in [1.165, 1.54) is 5.56 Å². The van der Waals surface area contributed by atoms with Crippen LogP contribution in [-0.4, -0.2) is 4.99 Å². The lowest BCUT2D eigenvalue weighted by Crippen LogP contribution is -2.14. The van der Waals surface area contributed by atoms with Gasteiger partial charge in [-0.15, -0.1) is 0 Å². The van der Waals surface area contributed by atoms with Gasteiger partial charge in [0.15, 0.2) is 0 Å². The third-order valence-electron chi connectivity index (χ3n) is 2.63. The molecule has 0 spiro atoms. The first-order valence-corrected chi connectivity index (χ1v) is 7.64. The number of benzene rings is 2. The van der Waals surface area contributed by atoms with Gasteiger partial charge in [0.1, 0.15) is 4.99 Å². The van der Waals surface area contributed by atoms with Gasteiger partial charge < -0.3 is 11.1 Å². The van der Waals surface area contributed by atoms with Gasteiger partial charge in [0.2, 0.25) is 0 Å². The second-order valence-corrected chi connectivity index (χ2v) is 6.22. The first-order valence-electron chi connectivity index (χ1n) is 5.64. The molecule has 0 saturated carbocycles. The van der Waals surface area contributed by atoms with Crippen molar-refractivity contribution in [3.63, 3.8) is 0 Å². The molecular weight excluding hydrogens is 388 g/mol. The van der Waals surface area contributed by atoms with Gasteiger partial charge in [0.05, 0.1) is 0 Å². The van der Waals surface area contributed by atoms with Crippen LogP contribution in [0.2, 0.25) is 0 Å². The molecule has 2 aromatic carbocycles. The van der Waals surface area contributed by atoms with Crippen molar-refractivity contribution >= 4 is 54.8 Å². The van der Waals surface area contributed by atoms with Crippen molar-refractivity contribution < 1.29 is 0 Å². The molecule has 0 bridgehead atoms. The lowest BCUT2D eigenvalue weighted by atomic mass is 10.1. The lowest BCUT2D eigenvalue weighted by Gasteiger charge is -2.13. The van der Waals surface area contributed by atoms with E-state index >= 15 is 0 Å². The maximum absolute atomic E-state index is 5.76. The van der Waals surface area contributed by atoms with Gasteiger partial charge in [0, 0.05) is 26.7 Å². The van der Waals surface area contributed by atoms with E-state index in [4.69, 9.17) is 18.0 Å². The molecule has 19 heavy (non-hydrogen) atoms. The van der Waals surface area contributed by atoms with Crippen LogP contribution in [0.25, 0.3) is 0 Å². The van der Waals surface area contributed by atoms with Crippen LogP contribution < -0.4 is 11.1 Å². The zero-order valence-corrected chi connectivity index (χ0v) is 14.0. The van der Waals surface area contributed by atoms with Crippen LogP contribution in [0.5, 0.6) is 0 Å². The highest BCUT2D eigenvalue weighted by atomic mass is 79.9. The normalized spacial score (nSPS) is 10.2. The van der Waals surface area contributed by atoms with Crippen LogP contribution in [0.3, 0.4) is 0 Å². The van der Waals surface area contributed by atoms with Crippen molar-refractivity contribution in [3.05, 3.63) is 62.5 Å². The molecule has 98 valence electrons. The molecule has 0 atom stereocenters. The molecule has 2 aromatic rings. The van der Waals surface area contributed by atoms with Gasteiger partial charge in [-0.3, -0.25) is 0 Å². The average molecular weight is 400 g/mol. The summed E-state index contributed by atoms with van der Waals surface area (Å²) < 4.78 is 1.97. The molecule has 0 amide bonds. The van der Waals surface area contributed by atoms with Crippen molar-refractivity contribution in [1.29, 1.82) is 0 Å². The van der Waals surface area contributed by atoms with E-state index in [1.54, 1.807) is 0 Å². The second-order valence-electron chi connectivity index (χ2n) is 4.01. The number of anilines is 1. The van der Waals surface area contributed by atoms with Gasteiger partial charge in [-0.1, -0.05) is 46.3 Å². The molecule has 2 rings (SSSR count). The van der Waals surface area contributed by atoms with Gasteiger partial charge in [-0.2, -0.15) is 0 Å². The van der Waals surface area contributed by atoms with E-state index in [1.807, 2.05) is 30.3 Å². The Hall–Kier alpha value is -0.910. The van der Waals surface area contributed by atoms with Gasteiger partial charge in [0.25, 0.3) is 0 Å². The third-order valence-corrected chi connectivity index (χ3v) is 3.99. The molecule has 0 aromatic heterocycles. The van der Waals surface area contributed by atoms with Crippen LogP contribution in [0.4, 0.5) is 5.69 Å². The fraction of sp³-hybridized carbons (Fsp3) is 0.0714. The van der Waals surface area contributed by atoms with E-state index in [2.05, 4.69) is 49.3 Å². The highest BCUT2D eigenvalue weighted by Gasteiger charge is 2.08. The number of hydrogen-bond acceptors (Lipinski definition) is 2. The van der Waals surface area contributed by atoms with Crippen molar-refractivity contribution in [1.82, 2.24) is 0 Å². The summed E-state index contributed by atoms with van der Waals surface area (Å²) in [6, 6.07) is 14.0. The smallest absolute Gasteiger partial charge is 0.107 e. The molecule has 0 heterocycles. The number of nitrogens with one attached hydrogen (secondary N) is 1. The number of hydrogen-bond donors (Lipinski definition) is 2. The lowest BCUT2D eigenvalue weighted by molar-refractivity contribution is 1.14. The van der Waals surface area contributed by atoms with Crippen molar-refractivity contribution in [2.24, 2.45) is 5.73 Å². The molecule has 2 nitrogen and oxygen atoms in total. The van der Waals surface area contributed by atoms with Crippen molar-refractivity contribution in [3.8, 4) is 0 Å². The molecule has 0 aliphatic heterocycles. The van der Waals surface area contributed by atoms with Gasteiger partial charge >= 0.3 is 0 Å². The highest BCUT2D eigenvalue weighted by Crippen LogP contribution is 2.25. The van der Waals surface area contributed by atoms with E-state index in [0.29, 0.717) is 11.5 Å². The second kappa shape index (κ2) is 6.50. The molecule has 3 N–H and O–H groups in total. The third kappa shape index (κ3) is 3.78. The summed E-state index contributed by atoms with van der Waals surface area (Å²) >= 11 is 12.0. The minimum Gasteiger partial charge on any atom is -0.389 e. The van der Waals surface area contributed by atoms with Crippen LogP contribution in [0.15, 0.2) is 51.4 Å². The van der Waals surface area contributed by atoms with Gasteiger partial charge in [-0.05, 0) is 45.8 Å². The van der Waals surface area contributed by atoms with Crippen LogP contribution in [0.1, 0.15) is 11.1 Å². The first kappa shape index (κ1) is 14.5. The van der Waals surface area contributed by atoms with Crippen LogP contribution in [0, 0.1) is 0 Å². The van der Waals surface area contributed by atoms with E-state index in [9.17, 15) is 0 Å². The standard InChI is InChI=1S/C14H12Br2N2S/c15-10-4-1-3-9(7-10)8-18-12-6-2-5-11(16)13(12)14(17)19/h1-7,18H,8H2,(H2,17,19). The SMILES string of the molecule is NC(=S)c1c(Br)cccc1NCc1cccc(Br)c1. The predicted octanol–water partition coefficient (Wildman–Crippen LogP) is 4.46. The van der Waals surface area contributed by atoms with Gasteiger partial charge in [-0.25, -0.2) is 0 Å². The highest BCUT2D eigenvalue weighted by molar-refractivity contribution is 9.10. The Balaban J connectivity index is 2.20. The topological polar surface area (TPSA) is 38.0 Å². The first-order chi connectivity index (χ1) is 9.08. The summed E-state index contributed by atoms with van der Waals surface area (Å²) in [5.74, 6) is 0. The fourth-order valence-electron chi connectivity index (χ4n) is 1.77. The molecule has 0 aliphatic carbocycles. The fourth-order valence-corrected chi connectivity index (χ4v) is 3.14. The van der Waals surface area contributed by atoms with Crippen molar-refractivity contribution in [2.75, 3.05) is 5.32 Å². The molecular formula is C14H12Br2N2S. The number of nitrogens with two attached hydrogens (primary N) is 1. The van der Waals surface area contributed by atoms with Crippen LogP contribution in [-0.2, 0) is 6.54 Å². The molecule has 5 heteroatoms. The summed E-state index contributed by atoms with van der Waals surface area (Å²) in [5, 5.41) is 3.36. The molecule has 0 aliphatic rings. The minimum atomic E-state index is 0.379. The summed E-state index contributed by atoms with van der Waals surface area (Å²) in [6.07, 6.45) is 0. The number of halogens is 2. The van der Waals surface area contributed by atoms with Crippen LogP contribution >= 0.6 is 44.1 Å². The Labute approximate surface area is 134 Å². The predicted molar refractivity (Wildman–Crippen MR) is 91.5 cm³/mol. The molecule has 0 radical (unpaired) electrons. The van der Waals surface area contributed by atoms with E-state index in [0.717, 1.165) is 20.2 Å². The average Bonchev–Trinajstić information content (AvgIpc) is 2.36. The Morgan fingerprint density at radius 3 is 2.58 bits per heavy atom. The summed E-state index contributed by atoms with van der Waals surface area (Å²) in [7, 11) is 0. The Morgan fingerprint density at radius 2 is 1.89 bits per heavy atom. The molecule has 0 fully saturated rings. The summed E-state index contributed by atoms with van der Waals surface area (Å²) in [6.45, 7) is 0.714. The van der Waals surface area contributed by atoms with E-state index < -0.39 is 0 Å². The number of thiocarbonyl (C=S) groups is 1. The minimum absolute atomic E-state index is 0.379.